The molecule has 4 aromatic rings. The van der Waals surface area contributed by atoms with E-state index in [0.29, 0.717) is 0 Å². The quantitative estimate of drug-likeness (QED) is 0.149. The molecule has 1 saturated carbocycles. The molecule has 1 aliphatic carbocycles. The topological polar surface area (TPSA) is 300 Å². The number of rotatable bonds is 2. The number of imidazole rings is 2. The number of anilines is 2. The number of aromatic nitrogens is 8. The number of nitrogens with one attached hydrogen (secondary N) is 1. The van der Waals surface area contributed by atoms with Crippen molar-refractivity contribution in [3.63, 3.8) is 0 Å². The molecule has 6 heterocycles. The van der Waals surface area contributed by atoms with Gasteiger partial charge in [0.2, 0.25) is 5.95 Å². The summed E-state index contributed by atoms with van der Waals surface area (Å²) in [6.07, 6.45) is -5.37. The first-order valence-corrected chi connectivity index (χ1v) is 17.1. The Morgan fingerprint density at radius 2 is 1.74 bits per heavy atom. The second kappa shape index (κ2) is 11.1. The number of nitrogens with zero attached hydrogens (tertiary/aromatic N) is 7. The van der Waals surface area contributed by atoms with Crippen molar-refractivity contribution in [2.24, 2.45) is 11.8 Å². The van der Waals surface area contributed by atoms with Gasteiger partial charge in [-0.15, -0.1) is 0 Å². The van der Waals surface area contributed by atoms with Crippen molar-refractivity contribution >= 4 is 49.7 Å². The van der Waals surface area contributed by atoms with Crippen LogP contribution in [0.3, 0.4) is 0 Å². The first-order chi connectivity index (χ1) is 22.1. The predicted molar refractivity (Wildman–Crippen MR) is 155 cm³/mol. The van der Waals surface area contributed by atoms with Crippen molar-refractivity contribution < 1.29 is 51.2 Å². The summed E-state index contributed by atoms with van der Waals surface area (Å²) in [5.41, 5.74) is 8.98. The Morgan fingerprint density at radius 1 is 1.04 bits per heavy atom. The highest BCUT2D eigenvalue weighted by Gasteiger charge is 2.62. The average molecular weight is 702 g/mol. The average Bonchev–Trinajstić information content (AvgIpc) is 3.71. The Morgan fingerprint density at radius 3 is 2.51 bits per heavy atom. The zero-order chi connectivity index (χ0) is 33.6. The third kappa shape index (κ3) is 5.25. The highest BCUT2D eigenvalue weighted by atomic mass is 31.2. The molecule has 11 atom stereocenters. The van der Waals surface area contributed by atoms with Crippen LogP contribution in [0, 0.1) is 11.8 Å². The van der Waals surface area contributed by atoms with Crippen molar-refractivity contribution in [1.29, 1.82) is 0 Å². The SMILES string of the molecule is C[C@H]1[C@@H]2COP(=O)(O)O[C@H]3[C@@H](F)[C@H](n4cnc5c(N)ncnc54)O[C@@H]3COP(=O)(O)O[C@@](C)([C@@H]2O)[C@@H]1n1cnc2c(=O)[nH]c(N)nc21. The number of hydrogen-bond acceptors (Lipinski definition) is 16. The summed E-state index contributed by atoms with van der Waals surface area (Å²) in [5.74, 6) is -2.09. The van der Waals surface area contributed by atoms with Gasteiger partial charge in [0.1, 0.15) is 29.7 Å². The van der Waals surface area contributed by atoms with Crippen LogP contribution in [0.1, 0.15) is 26.1 Å². The Kier molecular flexibility index (Phi) is 7.56. The normalized spacial score (nSPS) is 39.8. The highest BCUT2D eigenvalue weighted by Crippen LogP contribution is 2.60. The zero-order valence-electron chi connectivity index (χ0n) is 24.4. The number of nitrogen functional groups attached to an aromatic ring is 2. The van der Waals surface area contributed by atoms with Crippen LogP contribution >= 0.6 is 15.6 Å². The summed E-state index contributed by atoms with van der Waals surface area (Å²) >= 11 is 0. The maximum Gasteiger partial charge on any atom is 0.472 e. The highest BCUT2D eigenvalue weighted by molar-refractivity contribution is 7.47. The minimum atomic E-state index is -5.17. The molecule has 0 radical (unpaired) electrons. The molecule has 8 N–H and O–H groups in total. The standard InChI is InChI=1S/C23H29FN10O11P2/c1-8-9-3-41-46(37,38)44-14-10(43-21(11(14)24)34-7-29-12-17(25)27-5-28-18(12)34)4-42-47(39,40)45-23(2,16(9)35)15(8)33-6-30-13-19(33)31-22(26)32-20(13)36/h5-11,14-16,21,35H,3-4H2,1-2H3,(H,37,38)(H,39,40)(H2,25,27,28)(H3,26,31,32,36)/t8-,9-,10+,11+,14+,15+,16+,21+,23+/m0/s1. The van der Waals surface area contributed by atoms with E-state index in [2.05, 4.69) is 29.9 Å². The molecule has 4 aromatic heterocycles. The minimum Gasteiger partial charge on any atom is -0.390 e. The lowest BCUT2D eigenvalue weighted by atomic mass is 9.94. The van der Waals surface area contributed by atoms with Gasteiger partial charge in [-0.3, -0.25) is 32.4 Å². The van der Waals surface area contributed by atoms with Gasteiger partial charge in [-0.25, -0.2) is 33.5 Å². The fraction of sp³-hybridized carbons (Fsp3) is 0.565. The van der Waals surface area contributed by atoms with E-state index in [9.17, 15) is 28.8 Å². The van der Waals surface area contributed by atoms with E-state index >= 15 is 4.39 Å². The lowest BCUT2D eigenvalue weighted by Gasteiger charge is -2.37. The van der Waals surface area contributed by atoms with Gasteiger partial charge in [0.25, 0.3) is 5.56 Å². The lowest BCUT2D eigenvalue weighted by molar-refractivity contribution is -0.0826. The largest absolute Gasteiger partial charge is 0.472 e. The summed E-state index contributed by atoms with van der Waals surface area (Å²) < 4.78 is 72.5. The van der Waals surface area contributed by atoms with E-state index in [1.165, 1.54) is 17.8 Å². The van der Waals surface area contributed by atoms with Crippen LogP contribution in [-0.4, -0.2) is 97.2 Å². The second-order valence-corrected chi connectivity index (χ2v) is 14.4. The number of ether oxygens (including phenoxy) is 1. The molecule has 3 fully saturated rings. The second-order valence-electron chi connectivity index (χ2n) is 11.7. The number of halogens is 1. The van der Waals surface area contributed by atoms with Gasteiger partial charge in [-0.05, 0) is 12.8 Å². The lowest BCUT2D eigenvalue weighted by Crippen LogP contribution is -2.45. The Bertz CT molecular complexity index is 2030. The number of aliphatic hydroxyl groups excluding tert-OH is 1. The Hall–Kier alpha value is -3.43. The van der Waals surface area contributed by atoms with Gasteiger partial charge in [-0.1, -0.05) is 6.92 Å². The predicted octanol–water partition coefficient (Wildman–Crippen LogP) is -0.0646. The molecule has 254 valence electrons. The first kappa shape index (κ1) is 32.1. The van der Waals surface area contributed by atoms with Gasteiger partial charge in [0.15, 0.2) is 35.0 Å². The van der Waals surface area contributed by atoms with Gasteiger partial charge >= 0.3 is 15.6 Å². The van der Waals surface area contributed by atoms with Crippen LogP contribution in [-0.2, 0) is 32.0 Å². The van der Waals surface area contributed by atoms with Crippen LogP contribution in [0.4, 0.5) is 16.2 Å². The molecule has 2 unspecified atom stereocenters. The maximum atomic E-state index is 16.0. The molecule has 2 saturated heterocycles. The fourth-order valence-electron chi connectivity index (χ4n) is 6.71. The zero-order valence-corrected chi connectivity index (χ0v) is 26.2. The fourth-order valence-corrected chi connectivity index (χ4v) is 8.79. The van der Waals surface area contributed by atoms with E-state index in [4.69, 9.17) is 34.3 Å². The van der Waals surface area contributed by atoms with Crippen molar-refractivity contribution in [1.82, 2.24) is 39.0 Å². The molecule has 2 aliphatic heterocycles. The van der Waals surface area contributed by atoms with E-state index in [1.54, 1.807) is 6.92 Å². The molecule has 0 spiro atoms. The molecule has 7 rings (SSSR count). The number of nitrogens with two attached hydrogens (primary N) is 2. The number of hydrogen-bond donors (Lipinski definition) is 6. The van der Waals surface area contributed by atoms with Crippen LogP contribution < -0.4 is 17.0 Å². The van der Waals surface area contributed by atoms with Crippen molar-refractivity contribution in [3.8, 4) is 0 Å². The smallest absolute Gasteiger partial charge is 0.390 e. The summed E-state index contributed by atoms with van der Waals surface area (Å²) in [7, 11) is -10.3. The molecule has 24 heteroatoms. The number of alkyl halides is 1. The van der Waals surface area contributed by atoms with Crippen molar-refractivity contribution in [2.75, 3.05) is 24.7 Å². The molecular weight excluding hydrogens is 673 g/mol. The van der Waals surface area contributed by atoms with Crippen molar-refractivity contribution in [2.45, 2.75) is 56.2 Å². The number of phosphoric acid groups is 2. The minimum absolute atomic E-state index is 0.00325. The molecule has 47 heavy (non-hydrogen) atoms. The maximum absolute atomic E-state index is 16.0. The third-order valence-corrected chi connectivity index (χ3v) is 10.9. The number of aromatic amines is 1. The molecule has 3 aliphatic rings. The van der Waals surface area contributed by atoms with E-state index in [0.717, 1.165) is 17.2 Å². The van der Waals surface area contributed by atoms with E-state index in [1.807, 2.05) is 0 Å². The number of aliphatic hydroxyl groups is 1. The third-order valence-electron chi connectivity index (χ3n) is 8.83. The Labute approximate surface area is 262 Å². The first-order valence-electron chi connectivity index (χ1n) is 14.1. The molecule has 0 amide bonds. The Balaban J connectivity index is 1.25. The van der Waals surface area contributed by atoms with Gasteiger partial charge < -0.3 is 35.7 Å². The number of H-pyrrole nitrogens is 1. The number of phosphoric ester groups is 2. The summed E-state index contributed by atoms with van der Waals surface area (Å²) in [6, 6.07) is -1.10. The number of fused-ring (bicyclic) bond motifs is 5. The van der Waals surface area contributed by atoms with Gasteiger partial charge in [0, 0.05) is 5.92 Å². The van der Waals surface area contributed by atoms with E-state index in [-0.39, 0.29) is 34.1 Å². The van der Waals surface area contributed by atoms with E-state index < -0.39 is 88.6 Å². The van der Waals surface area contributed by atoms with Crippen LogP contribution in [0.2, 0.25) is 0 Å². The van der Waals surface area contributed by atoms with Crippen LogP contribution in [0.25, 0.3) is 22.3 Å². The molecular formula is C23H29FN10O11P2. The van der Waals surface area contributed by atoms with Crippen molar-refractivity contribution in [3.05, 3.63) is 29.3 Å². The summed E-state index contributed by atoms with van der Waals surface area (Å²) in [5, 5.41) is 11.5. The molecule has 21 nitrogen and oxygen atoms in total. The summed E-state index contributed by atoms with van der Waals surface area (Å²) in [6.45, 7) is 1.36. The van der Waals surface area contributed by atoms with Crippen LogP contribution in [0.15, 0.2) is 23.8 Å². The van der Waals surface area contributed by atoms with Gasteiger partial charge in [-0.2, -0.15) is 4.98 Å². The monoisotopic (exact) mass is 702 g/mol. The van der Waals surface area contributed by atoms with Gasteiger partial charge in [0.05, 0.1) is 38.0 Å². The molecule has 0 aromatic carbocycles. The molecule has 2 bridgehead atoms. The summed E-state index contributed by atoms with van der Waals surface area (Å²) in [4.78, 5) is 56.7. The van der Waals surface area contributed by atoms with Crippen LogP contribution in [0.5, 0.6) is 0 Å².